The lowest BCUT2D eigenvalue weighted by Crippen LogP contribution is -2.01. The summed E-state index contributed by atoms with van der Waals surface area (Å²) < 4.78 is 0. The van der Waals surface area contributed by atoms with Gasteiger partial charge in [-0.25, -0.2) is 0 Å². The molecule has 1 aromatic rings. The Morgan fingerprint density at radius 3 is 2.64 bits per heavy atom. The lowest BCUT2D eigenvalue weighted by atomic mass is 9.99. The molecular weight excluding hydrogens is 182 g/mol. The third-order valence-electron chi connectivity index (χ3n) is 2.07. The molecule has 0 fully saturated rings. The standard InChI is InChI=1S/C10H11NO3/c1-7-3-4-10(11(13)14)9(5-7)8(2)6-12/h3-6,8H,1-2H3. The summed E-state index contributed by atoms with van der Waals surface area (Å²) in [5.41, 5.74) is 1.40. The van der Waals surface area contributed by atoms with Gasteiger partial charge in [-0.15, -0.1) is 0 Å². The van der Waals surface area contributed by atoms with Crippen molar-refractivity contribution in [3.63, 3.8) is 0 Å². The minimum atomic E-state index is -0.464. The predicted molar refractivity (Wildman–Crippen MR) is 52.3 cm³/mol. The SMILES string of the molecule is Cc1ccc([N+](=O)[O-])c(C(C)C=O)c1. The van der Waals surface area contributed by atoms with Crippen LogP contribution in [-0.2, 0) is 4.79 Å². The number of aldehydes is 1. The summed E-state index contributed by atoms with van der Waals surface area (Å²) in [4.78, 5) is 20.7. The molecule has 0 aliphatic heterocycles. The van der Waals surface area contributed by atoms with Crippen LogP contribution in [0.5, 0.6) is 0 Å². The van der Waals surface area contributed by atoms with E-state index in [1.807, 2.05) is 6.92 Å². The minimum Gasteiger partial charge on any atom is -0.303 e. The molecule has 74 valence electrons. The fraction of sp³-hybridized carbons (Fsp3) is 0.300. The summed E-state index contributed by atoms with van der Waals surface area (Å²) in [5.74, 6) is -0.435. The monoisotopic (exact) mass is 193 g/mol. The van der Waals surface area contributed by atoms with Gasteiger partial charge in [0.05, 0.1) is 4.92 Å². The molecular formula is C10H11NO3. The fourth-order valence-electron chi connectivity index (χ4n) is 1.28. The molecule has 0 saturated carbocycles. The number of nitrogens with zero attached hydrogens (tertiary/aromatic N) is 1. The van der Waals surface area contributed by atoms with E-state index in [0.717, 1.165) is 5.56 Å². The lowest BCUT2D eigenvalue weighted by molar-refractivity contribution is -0.385. The Balaban J connectivity index is 3.29. The van der Waals surface area contributed by atoms with Crippen LogP contribution in [0.3, 0.4) is 0 Å². The number of aryl methyl sites for hydroxylation is 1. The van der Waals surface area contributed by atoms with Gasteiger partial charge in [-0.3, -0.25) is 10.1 Å². The molecule has 0 bridgehead atoms. The van der Waals surface area contributed by atoms with Crippen LogP contribution in [0, 0.1) is 17.0 Å². The van der Waals surface area contributed by atoms with E-state index in [4.69, 9.17) is 0 Å². The molecule has 4 nitrogen and oxygen atoms in total. The maximum absolute atomic E-state index is 10.6. The topological polar surface area (TPSA) is 60.2 Å². The van der Waals surface area contributed by atoms with Gasteiger partial charge in [0.2, 0.25) is 0 Å². The summed E-state index contributed by atoms with van der Waals surface area (Å²) in [5, 5.41) is 10.6. The summed E-state index contributed by atoms with van der Waals surface area (Å²) in [6, 6.07) is 4.78. The third kappa shape index (κ3) is 1.96. The van der Waals surface area contributed by atoms with Crippen molar-refractivity contribution in [2.45, 2.75) is 19.8 Å². The lowest BCUT2D eigenvalue weighted by Gasteiger charge is -2.05. The first-order valence-corrected chi connectivity index (χ1v) is 4.26. The Morgan fingerprint density at radius 1 is 1.50 bits per heavy atom. The van der Waals surface area contributed by atoms with Crippen molar-refractivity contribution >= 4 is 12.0 Å². The van der Waals surface area contributed by atoms with E-state index in [1.54, 1.807) is 19.1 Å². The average Bonchev–Trinajstić information content (AvgIpc) is 2.16. The number of hydrogen-bond acceptors (Lipinski definition) is 3. The van der Waals surface area contributed by atoms with Crippen LogP contribution < -0.4 is 0 Å². The molecule has 14 heavy (non-hydrogen) atoms. The Labute approximate surface area is 81.7 Å². The van der Waals surface area contributed by atoms with Gasteiger partial charge in [0.15, 0.2) is 0 Å². The summed E-state index contributed by atoms with van der Waals surface area (Å²) in [7, 11) is 0. The van der Waals surface area contributed by atoms with Crippen molar-refractivity contribution in [2.75, 3.05) is 0 Å². The van der Waals surface area contributed by atoms with E-state index in [-0.39, 0.29) is 5.69 Å². The molecule has 4 heteroatoms. The summed E-state index contributed by atoms with van der Waals surface area (Å²) in [6.45, 7) is 3.49. The van der Waals surface area contributed by atoms with Gasteiger partial charge < -0.3 is 4.79 Å². The smallest absolute Gasteiger partial charge is 0.273 e. The number of nitro benzene ring substituents is 1. The van der Waals surface area contributed by atoms with Crippen LogP contribution in [-0.4, -0.2) is 11.2 Å². The van der Waals surface area contributed by atoms with Gasteiger partial charge in [-0.2, -0.15) is 0 Å². The molecule has 0 N–H and O–H groups in total. The fourth-order valence-corrected chi connectivity index (χ4v) is 1.28. The second-order valence-corrected chi connectivity index (χ2v) is 3.24. The molecule has 1 atom stereocenters. The zero-order chi connectivity index (χ0) is 10.7. The normalized spacial score (nSPS) is 12.1. The largest absolute Gasteiger partial charge is 0.303 e. The number of rotatable bonds is 3. The Hall–Kier alpha value is -1.71. The van der Waals surface area contributed by atoms with Crippen LogP contribution in [0.15, 0.2) is 18.2 Å². The molecule has 0 aromatic heterocycles. The highest BCUT2D eigenvalue weighted by Crippen LogP contribution is 2.26. The third-order valence-corrected chi connectivity index (χ3v) is 2.07. The molecule has 1 rings (SSSR count). The van der Waals surface area contributed by atoms with Crippen LogP contribution in [0.25, 0.3) is 0 Å². The van der Waals surface area contributed by atoms with Gasteiger partial charge >= 0.3 is 0 Å². The van der Waals surface area contributed by atoms with Crippen molar-refractivity contribution in [1.29, 1.82) is 0 Å². The van der Waals surface area contributed by atoms with Crippen LogP contribution in [0.2, 0.25) is 0 Å². The van der Waals surface area contributed by atoms with E-state index in [1.165, 1.54) is 6.07 Å². The van der Waals surface area contributed by atoms with Crippen molar-refractivity contribution in [2.24, 2.45) is 0 Å². The van der Waals surface area contributed by atoms with E-state index >= 15 is 0 Å². The van der Waals surface area contributed by atoms with Gasteiger partial charge in [-0.05, 0) is 13.0 Å². The van der Waals surface area contributed by atoms with Gasteiger partial charge in [0, 0.05) is 17.5 Å². The van der Waals surface area contributed by atoms with Gasteiger partial charge in [0.25, 0.3) is 5.69 Å². The average molecular weight is 193 g/mol. The molecule has 0 amide bonds. The van der Waals surface area contributed by atoms with Crippen LogP contribution in [0.1, 0.15) is 24.0 Å². The second-order valence-electron chi connectivity index (χ2n) is 3.24. The molecule has 0 aliphatic carbocycles. The molecule has 0 saturated heterocycles. The summed E-state index contributed by atoms with van der Waals surface area (Å²) >= 11 is 0. The predicted octanol–water partition coefficient (Wildman–Crippen LogP) is 2.21. The number of carbonyl (C=O) groups is 1. The van der Waals surface area contributed by atoms with E-state index in [2.05, 4.69) is 0 Å². The maximum Gasteiger partial charge on any atom is 0.273 e. The van der Waals surface area contributed by atoms with Gasteiger partial charge in [-0.1, -0.05) is 18.6 Å². The first-order valence-electron chi connectivity index (χ1n) is 4.26. The molecule has 0 radical (unpaired) electrons. The highest BCUT2D eigenvalue weighted by atomic mass is 16.6. The number of nitro groups is 1. The molecule has 1 aromatic carbocycles. The van der Waals surface area contributed by atoms with Crippen molar-refractivity contribution in [3.05, 3.63) is 39.4 Å². The van der Waals surface area contributed by atoms with Crippen LogP contribution >= 0.6 is 0 Å². The molecule has 1 unspecified atom stereocenters. The molecule has 0 heterocycles. The van der Waals surface area contributed by atoms with Crippen LogP contribution in [0.4, 0.5) is 5.69 Å². The van der Waals surface area contributed by atoms with Crippen molar-refractivity contribution in [3.8, 4) is 0 Å². The zero-order valence-electron chi connectivity index (χ0n) is 8.06. The van der Waals surface area contributed by atoms with Crippen molar-refractivity contribution in [1.82, 2.24) is 0 Å². The Bertz CT molecular complexity index is 374. The van der Waals surface area contributed by atoms with E-state index in [9.17, 15) is 14.9 Å². The highest BCUT2D eigenvalue weighted by Gasteiger charge is 2.17. The van der Waals surface area contributed by atoms with Gasteiger partial charge in [0.1, 0.15) is 6.29 Å². The summed E-state index contributed by atoms with van der Waals surface area (Å²) in [6.07, 6.45) is 0.710. The first kappa shape index (κ1) is 10.4. The maximum atomic E-state index is 10.6. The quantitative estimate of drug-likeness (QED) is 0.420. The number of hydrogen-bond donors (Lipinski definition) is 0. The number of benzene rings is 1. The van der Waals surface area contributed by atoms with E-state index in [0.29, 0.717) is 11.8 Å². The minimum absolute atomic E-state index is 0.00944. The molecule has 0 spiro atoms. The Morgan fingerprint density at radius 2 is 2.14 bits per heavy atom. The second kappa shape index (κ2) is 4.00. The highest BCUT2D eigenvalue weighted by molar-refractivity contribution is 5.65. The Kier molecular flexibility index (Phi) is 2.96. The van der Waals surface area contributed by atoms with Crippen molar-refractivity contribution < 1.29 is 9.72 Å². The number of carbonyl (C=O) groups excluding carboxylic acids is 1. The molecule has 0 aliphatic rings. The zero-order valence-corrected chi connectivity index (χ0v) is 8.06. The van der Waals surface area contributed by atoms with E-state index < -0.39 is 10.8 Å². The first-order chi connectivity index (χ1) is 6.56.